The molecule has 1 amide bonds. The minimum Gasteiger partial charge on any atom is -0.380 e. The molecule has 0 heterocycles. The SMILES string of the molecule is CC.CNCCOCCCSNC(=O)C(C)C. The molecule has 17 heavy (non-hydrogen) atoms. The molecule has 0 aliphatic carbocycles. The molecule has 0 rings (SSSR count). The van der Waals surface area contributed by atoms with Crippen molar-refractivity contribution in [3.63, 3.8) is 0 Å². The van der Waals surface area contributed by atoms with Crippen LogP contribution < -0.4 is 10.0 Å². The first kappa shape index (κ1) is 19.1. The van der Waals surface area contributed by atoms with Crippen molar-refractivity contribution in [1.29, 1.82) is 0 Å². The molecule has 5 heteroatoms. The highest BCUT2D eigenvalue weighted by Crippen LogP contribution is 2.00. The van der Waals surface area contributed by atoms with Crippen LogP contribution >= 0.6 is 11.9 Å². The Morgan fingerprint density at radius 3 is 2.47 bits per heavy atom. The van der Waals surface area contributed by atoms with Gasteiger partial charge >= 0.3 is 0 Å². The number of likely N-dealkylation sites (N-methyl/N-ethyl adjacent to an activating group) is 1. The Hall–Kier alpha value is -0.260. The Balaban J connectivity index is 0. The fraction of sp³-hybridized carbons (Fsp3) is 0.917. The maximum Gasteiger partial charge on any atom is 0.232 e. The number of hydrogen-bond acceptors (Lipinski definition) is 4. The summed E-state index contributed by atoms with van der Waals surface area (Å²) in [7, 11) is 1.90. The fourth-order valence-corrected chi connectivity index (χ4v) is 1.49. The molecule has 104 valence electrons. The Labute approximate surface area is 110 Å². The van der Waals surface area contributed by atoms with Gasteiger partial charge in [-0.3, -0.25) is 9.52 Å². The molecule has 0 unspecified atom stereocenters. The van der Waals surface area contributed by atoms with Crippen LogP contribution in [0.2, 0.25) is 0 Å². The van der Waals surface area contributed by atoms with Gasteiger partial charge in [-0.05, 0) is 13.5 Å². The minimum absolute atomic E-state index is 0.0596. The van der Waals surface area contributed by atoms with Gasteiger partial charge in [0.2, 0.25) is 5.91 Å². The highest BCUT2D eigenvalue weighted by Gasteiger charge is 2.04. The number of ether oxygens (including phenoxy) is 1. The van der Waals surface area contributed by atoms with Crippen molar-refractivity contribution < 1.29 is 9.53 Å². The van der Waals surface area contributed by atoms with E-state index < -0.39 is 0 Å². The maximum atomic E-state index is 11.1. The molecule has 4 nitrogen and oxygen atoms in total. The smallest absolute Gasteiger partial charge is 0.232 e. The van der Waals surface area contributed by atoms with Gasteiger partial charge in [-0.2, -0.15) is 0 Å². The standard InChI is InChI=1S/C10H22N2O2S.C2H6/c1-9(2)10(13)12-15-8-4-6-14-7-5-11-3;1-2/h9,11H,4-8H2,1-3H3,(H,12,13);1-2H3. The molecule has 0 saturated carbocycles. The number of carbonyl (C=O) groups excluding carboxylic acids is 1. The van der Waals surface area contributed by atoms with Gasteiger partial charge < -0.3 is 10.1 Å². The average Bonchev–Trinajstić information content (AvgIpc) is 2.34. The highest BCUT2D eigenvalue weighted by molar-refractivity contribution is 7.97. The number of nitrogens with one attached hydrogen (secondary N) is 2. The van der Waals surface area contributed by atoms with Crippen LogP contribution in [0.15, 0.2) is 0 Å². The number of carbonyl (C=O) groups is 1. The lowest BCUT2D eigenvalue weighted by Gasteiger charge is -2.06. The van der Waals surface area contributed by atoms with Crippen molar-refractivity contribution in [2.75, 3.05) is 32.6 Å². The Kier molecular flexibility index (Phi) is 17.7. The molecular formula is C12H28N2O2S. The quantitative estimate of drug-likeness (QED) is 0.494. The lowest BCUT2D eigenvalue weighted by atomic mass is 10.2. The van der Waals surface area contributed by atoms with E-state index in [0.717, 1.165) is 31.9 Å². The van der Waals surface area contributed by atoms with E-state index in [-0.39, 0.29) is 11.8 Å². The van der Waals surface area contributed by atoms with Gasteiger partial charge in [-0.15, -0.1) is 0 Å². The van der Waals surface area contributed by atoms with Gasteiger partial charge in [0.15, 0.2) is 0 Å². The third-order valence-electron chi connectivity index (χ3n) is 1.73. The maximum absolute atomic E-state index is 11.1. The van der Waals surface area contributed by atoms with Crippen molar-refractivity contribution >= 4 is 17.9 Å². The van der Waals surface area contributed by atoms with E-state index in [1.54, 1.807) is 0 Å². The van der Waals surface area contributed by atoms with E-state index in [4.69, 9.17) is 4.74 Å². The number of amides is 1. The molecule has 0 aromatic rings. The van der Waals surface area contributed by atoms with Crippen LogP contribution in [0.4, 0.5) is 0 Å². The summed E-state index contributed by atoms with van der Waals surface area (Å²) in [6, 6.07) is 0. The summed E-state index contributed by atoms with van der Waals surface area (Å²) < 4.78 is 8.13. The zero-order valence-corrected chi connectivity index (χ0v) is 12.7. The van der Waals surface area contributed by atoms with Crippen LogP contribution in [0, 0.1) is 5.92 Å². The highest BCUT2D eigenvalue weighted by atomic mass is 32.2. The third kappa shape index (κ3) is 15.7. The molecule has 0 spiro atoms. The Morgan fingerprint density at radius 1 is 1.29 bits per heavy atom. The van der Waals surface area contributed by atoms with Crippen LogP contribution in [0.1, 0.15) is 34.1 Å². The van der Waals surface area contributed by atoms with Crippen molar-refractivity contribution in [2.24, 2.45) is 5.92 Å². The largest absolute Gasteiger partial charge is 0.380 e. The van der Waals surface area contributed by atoms with Gasteiger partial charge in [-0.25, -0.2) is 0 Å². The predicted octanol–water partition coefficient (Wildman–Crippen LogP) is 2.06. The molecule has 2 N–H and O–H groups in total. The summed E-state index contributed by atoms with van der Waals surface area (Å²) in [4.78, 5) is 11.1. The predicted molar refractivity (Wildman–Crippen MR) is 76.1 cm³/mol. The Bertz CT molecular complexity index is 167. The third-order valence-corrected chi connectivity index (χ3v) is 2.57. The van der Waals surface area contributed by atoms with E-state index in [9.17, 15) is 4.79 Å². The first-order valence-corrected chi connectivity index (χ1v) is 7.31. The second-order valence-corrected chi connectivity index (χ2v) is 4.44. The van der Waals surface area contributed by atoms with Gasteiger partial charge in [0.05, 0.1) is 6.61 Å². The van der Waals surface area contributed by atoms with Crippen LogP contribution in [-0.2, 0) is 9.53 Å². The molecule has 0 aromatic heterocycles. The van der Waals surface area contributed by atoms with Crippen molar-refractivity contribution in [1.82, 2.24) is 10.0 Å². The van der Waals surface area contributed by atoms with Crippen molar-refractivity contribution in [2.45, 2.75) is 34.1 Å². The molecule has 0 aliphatic heterocycles. The second kappa shape index (κ2) is 15.7. The van der Waals surface area contributed by atoms with Gasteiger partial charge in [0.1, 0.15) is 0 Å². The molecule has 0 atom stereocenters. The normalized spacial score (nSPS) is 9.76. The molecule has 0 fully saturated rings. The summed E-state index contributed by atoms with van der Waals surface area (Å²) in [6.07, 6.45) is 0.965. The van der Waals surface area contributed by atoms with E-state index in [1.165, 1.54) is 11.9 Å². The lowest BCUT2D eigenvalue weighted by Crippen LogP contribution is -2.22. The fourth-order valence-electron chi connectivity index (χ4n) is 0.749. The van der Waals surface area contributed by atoms with E-state index >= 15 is 0 Å². The summed E-state index contributed by atoms with van der Waals surface area (Å²) >= 11 is 1.46. The molecule has 0 bridgehead atoms. The van der Waals surface area contributed by atoms with Crippen LogP contribution in [0.5, 0.6) is 0 Å². The van der Waals surface area contributed by atoms with E-state index in [1.807, 2.05) is 34.7 Å². The number of hydrogen-bond donors (Lipinski definition) is 2. The topological polar surface area (TPSA) is 50.4 Å². The first-order chi connectivity index (χ1) is 8.18. The minimum atomic E-state index is 0.0596. The summed E-state index contributed by atoms with van der Waals surface area (Å²) in [5, 5.41) is 3.01. The summed E-state index contributed by atoms with van der Waals surface area (Å²) in [6.45, 7) is 10.2. The number of rotatable bonds is 9. The molecule has 0 aromatic carbocycles. The lowest BCUT2D eigenvalue weighted by molar-refractivity contribution is -0.122. The molecule has 0 radical (unpaired) electrons. The van der Waals surface area contributed by atoms with Gasteiger partial charge in [0.25, 0.3) is 0 Å². The average molecular weight is 264 g/mol. The van der Waals surface area contributed by atoms with Crippen molar-refractivity contribution in [3.05, 3.63) is 0 Å². The van der Waals surface area contributed by atoms with Gasteiger partial charge in [-0.1, -0.05) is 39.6 Å². The molecular weight excluding hydrogens is 236 g/mol. The van der Waals surface area contributed by atoms with E-state index in [2.05, 4.69) is 10.0 Å². The van der Waals surface area contributed by atoms with E-state index in [0.29, 0.717) is 0 Å². The zero-order chi connectivity index (χ0) is 13.5. The Morgan fingerprint density at radius 2 is 1.94 bits per heavy atom. The second-order valence-electron chi connectivity index (χ2n) is 3.54. The van der Waals surface area contributed by atoms with Gasteiger partial charge in [0, 0.05) is 24.8 Å². The zero-order valence-electron chi connectivity index (χ0n) is 11.8. The monoisotopic (exact) mass is 264 g/mol. The molecule has 0 aliphatic rings. The van der Waals surface area contributed by atoms with Crippen molar-refractivity contribution in [3.8, 4) is 0 Å². The van der Waals surface area contributed by atoms with Crippen LogP contribution in [-0.4, -0.2) is 38.5 Å². The summed E-state index contributed by atoms with van der Waals surface area (Å²) in [5.74, 6) is 1.05. The van der Waals surface area contributed by atoms with Crippen LogP contribution in [0.3, 0.4) is 0 Å². The van der Waals surface area contributed by atoms with Crippen LogP contribution in [0.25, 0.3) is 0 Å². The molecule has 0 saturated heterocycles. The first-order valence-electron chi connectivity index (χ1n) is 6.32. The summed E-state index contributed by atoms with van der Waals surface area (Å²) in [5.41, 5.74) is 0.